The van der Waals surface area contributed by atoms with Gasteiger partial charge in [0.05, 0.1) is 0 Å². The SMILES string of the molecule is CCCNC(C)c1ccc(Oc2cc(Br)ccc2C)cc1. The summed E-state index contributed by atoms with van der Waals surface area (Å²) >= 11 is 3.48. The second-order valence-corrected chi connectivity index (χ2v) is 6.17. The Kier molecular flexibility index (Phi) is 5.83. The van der Waals surface area contributed by atoms with Gasteiger partial charge in [-0.1, -0.05) is 41.1 Å². The van der Waals surface area contributed by atoms with E-state index in [1.54, 1.807) is 0 Å². The van der Waals surface area contributed by atoms with E-state index >= 15 is 0 Å². The molecule has 1 atom stereocenters. The molecule has 0 amide bonds. The zero-order valence-corrected chi connectivity index (χ0v) is 14.4. The molecule has 0 aliphatic rings. The highest BCUT2D eigenvalue weighted by Gasteiger charge is 2.06. The number of nitrogens with one attached hydrogen (secondary N) is 1. The zero-order chi connectivity index (χ0) is 15.2. The van der Waals surface area contributed by atoms with E-state index in [-0.39, 0.29) is 0 Å². The largest absolute Gasteiger partial charge is 0.457 e. The standard InChI is InChI=1S/C18H22BrNO/c1-4-11-20-14(3)15-6-9-17(10-7-15)21-18-12-16(19)8-5-13(18)2/h5-10,12,14,20H,4,11H2,1-3H3. The molecule has 0 fully saturated rings. The molecule has 0 radical (unpaired) electrons. The lowest BCUT2D eigenvalue weighted by Gasteiger charge is -2.14. The maximum atomic E-state index is 5.96. The lowest BCUT2D eigenvalue weighted by atomic mass is 10.1. The Morgan fingerprint density at radius 3 is 2.52 bits per heavy atom. The first kappa shape index (κ1) is 16.1. The van der Waals surface area contributed by atoms with Gasteiger partial charge in [0, 0.05) is 10.5 Å². The van der Waals surface area contributed by atoms with Crippen LogP contribution in [-0.2, 0) is 0 Å². The number of ether oxygens (including phenoxy) is 1. The molecule has 0 aliphatic carbocycles. The second-order valence-electron chi connectivity index (χ2n) is 5.26. The molecule has 2 aromatic rings. The number of hydrogen-bond donors (Lipinski definition) is 1. The highest BCUT2D eigenvalue weighted by atomic mass is 79.9. The molecule has 0 aromatic heterocycles. The van der Waals surface area contributed by atoms with Crippen molar-refractivity contribution in [3.8, 4) is 11.5 Å². The lowest BCUT2D eigenvalue weighted by molar-refractivity contribution is 0.477. The smallest absolute Gasteiger partial charge is 0.131 e. The first-order chi connectivity index (χ1) is 10.1. The van der Waals surface area contributed by atoms with E-state index in [0.29, 0.717) is 6.04 Å². The maximum absolute atomic E-state index is 5.96. The second kappa shape index (κ2) is 7.62. The molecule has 0 heterocycles. The molecule has 2 rings (SSSR count). The maximum Gasteiger partial charge on any atom is 0.131 e. The minimum Gasteiger partial charge on any atom is -0.457 e. The summed E-state index contributed by atoms with van der Waals surface area (Å²) in [7, 11) is 0. The average Bonchev–Trinajstić information content (AvgIpc) is 2.49. The van der Waals surface area contributed by atoms with Crippen molar-refractivity contribution in [2.75, 3.05) is 6.54 Å². The number of halogens is 1. The Morgan fingerprint density at radius 2 is 1.86 bits per heavy atom. The number of aryl methyl sites for hydroxylation is 1. The number of hydrogen-bond acceptors (Lipinski definition) is 2. The van der Waals surface area contributed by atoms with E-state index in [9.17, 15) is 0 Å². The van der Waals surface area contributed by atoms with Gasteiger partial charge in [-0.25, -0.2) is 0 Å². The lowest BCUT2D eigenvalue weighted by Crippen LogP contribution is -2.19. The number of rotatable bonds is 6. The van der Waals surface area contributed by atoms with Gasteiger partial charge in [-0.3, -0.25) is 0 Å². The summed E-state index contributed by atoms with van der Waals surface area (Å²) in [6, 6.07) is 14.7. The molecular formula is C18H22BrNO. The third-order valence-corrected chi connectivity index (χ3v) is 3.95. The summed E-state index contributed by atoms with van der Waals surface area (Å²) in [5.41, 5.74) is 2.40. The van der Waals surface area contributed by atoms with E-state index in [1.807, 2.05) is 37.3 Å². The van der Waals surface area contributed by atoms with Crippen LogP contribution in [0.4, 0.5) is 0 Å². The molecule has 1 unspecified atom stereocenters. The van der Waals surface area contributed by atoms with Crippen molar-refractivity contribution in [3.63, 3.8) is 0 Å². The van der Waals surface area contributed by atoms with E-state index in [0.717, 1.165) is 34.5 Å². The third-order valence-electron chi connectivity index (χ3n) is 3.46. The topological polar surface area (TPSA) is 21.3 Å². The van der Waals surface area contributed by atoms with Crippen LogP contribution >= 0.6 is 15.9 Å². The van der Waals surface area contributed by atoms with Crippen molar-refractivity contribution >= 4 is 15.9 Å². The fraction of sp³-hybridized carbons (Fsp3) is 0.333. The normalized spacial score (nSPS) is 12.2. The first-order valence-electron chi connectivity index (χ1n) is 7.37. The molecule has 0 saturated carbocycles. The molecule has 2 aromatic carbocycles. The molecule has 0 saturated heterocycles. The molecule has 112 valence electrons. The third kappa shape index (κ3) is 4.58. The molecule has 21 heavy (non-hydrogen) atoms. The van der Waals surface area contributed by atoms with Crippen molar-refractivity contribution < 1.29 is 4.74 Å². The van der Waals surface area contributed by atoms with Crippen molar-refractivity contribution in [3.05, 3.63) is 58.1 Å². The summed E-state index contributed by atoms with van der Waals surface area (Å²) in [5.74, 6) is 1.75. The minimum absolute atomic E-state index is 0.367. The van der Waals surface area contributed by atoms with Gasteiger partial charge in [0.25, 0.3) is 0 Å². The molecule has 0 bridgehead atoms. The Balaban J connectivity index is 2.07. The Bertz CT molecular complexity index is 580. The molecule has 0 aliphatic heterocycles. The fourth-order valence-corrected chi connectivity index (χ4v) is 2.45. The summed E-state index contributed by atoms with van der Waals surface area (Å²) in [6.45, 7) is 7.45. The fourth-order valence-electron chi connectivity index (χ4n) is 2.11. The van der Waals surface area contributed by atoms with Crippen molar-refractivity contribution in [1.82, 2.24) is 5.32 Å². The highest BCUT2D eigenvalue weighted by molar-refractivity contribution is 9.10. The summed E-state index contributed by atoms with van der Waals surface area (Å²) in [6.07, 6.45) is 1.15. The Hall–Kier alpha value is -1.32. The minimum atomic E-state index is 0.367. The Labute approximate surface area is 135 Å². The molecule has 1 N–H and O–H groups in total. The van der Waals surface area contributed by atoms with Crippen LogP contribution in [0.3, 0.4) is 0 Å². The summed E-state index contributed by atoms with van der Waals surface area (Å²) in [4.78, 5) is 0. The van der Waals surface area contributed by atoms with Crippen LogP contribution in [0.2, 0.25) is 0 Å². The van der Waals surface area contributed by atoms with Gasteiger partial charge in [0.2, 0.25) is 0 Å². The van der Waals surface area contributed by atoms with E-state index in [4.69, 9.17) is 4.74 Å². The predicted molar refractivity (Wildman–Crippen MR) is 92.1 cm³/mol. The predicted octanol–water partition coefficient (Wildman–Crippen LogP) is 5.61. The monoisotopic (exact) mass is 347 g/mol. The van der Waals surface area contributed by atoms with Gasteiger partial charge in [0.1, 0.15) is 11.5 Å². The van der Waals surface area contributed by atoms with Gasteiger partial charge in [0.15, 0.2) is 0 Å². The first-order valence-corrected chi connectivity index (χ1v) is 8.16. The van der Waals surface area contributed by atoms with Crippen LogP contribution in [0.1, 0.15) is 37.4 Å². The van der Waals surface area contributed by atoms with Crippen molar-refractivity contribution in [2.45, 2.75) is 33.2 Å². The van der Waals surface area contributed by atoms with Gasteiger partial charge >= 0.3 is 0 Å². The van der Waals surface area contributed by atoms with Gasteiger partial charge < -0.3 is 10.1 Å². The highest BCUT2D eigenvalue weighted by Crippen LogP contribution is 2.28. The van der Waals surface area contributed by atoms with Gasteiger partial charge in [-0.05, 0) is 62.2 Å². The molecular weight excluding hydrogens is 326 g/mol. The van der Waals surface area contributed by atoms with Crippen molar-refractivity contribution in [2.24, 2.45) is 0 Å². The van der Waals surface area contributed by atoms with E-state index < -0.39 is 0 Å². The van der Waals surface area contributed by atoms with Crippen LogP contribution in [0.5, 0.6) is 11.5 Å². The average molecular weight is 348 g/mol. The Morgan fingerprint density at radius 1 is 1.14 bits per heavy atom. The van der Waals surface area contributed by atoms with Crippen LogP contribution in [-0.4, -0.2) is 6.54 Å². The van der Waals surface area contributed by atoms with Crippen molar-refractivity contribution in [1.29, 1.82) is 0 Å². The van der Waals surface area contributed by atoms with E-state index in [1.165, 1.54) is 5.56 Å². The van der Waals surface area contributed by atoms with E-state index in [2.05, 4.69) is 47.2 Å². The summed E-state index contributed by atoms with van der Waals surface area (Å²) < 4.78 is 6.98. The summed E-state index contributed by atoms with van der Waals surface area (Å²) in [5, 5.41) is 3.49. The number of benzene rings is 2. The van der Waals surface area contributed by atoms with Gasteiger partial charge in [-0.2, -0.15) is 0 Å². The molecule has 3 heteroatoms. The van der Waals surface area contributed by atoms with Crippen LogP contribution in [0.15, 0.2) is 46.9 Å². The quantitative estimate of drug-likeness (QED) is 0.733. The van der Waals surface area contributed by atoms with Gasteiger partial charge in [-0.15, -0.1) is 0 Å². The zero-order valence-electron chi connectivity index (χ0n) is 12.8. The van der Waals surface area contributed by atoms with Crippen LogP contribution in [0.25, 0.3) is 0 Å². The molecule has 2 nitrogen and oxygen atoms in total. The molecule has 0 spiro atoms. The van der Waals surface area contributed by atoms with Crippen LogP contribution in [0, 0.1) is 6.92 Å². The van der Waals surface area contributed by atoms with Crippen LogP contribution < -0.4 is 10.1 Å².